The molecule has 2 aliphatic rings. The molecule has 0 radical (unpaired) electrons. The van der Waals surface area contributed by atoms with Crippen LogP contribution in [0.5, 0.6) is 11.5 Å². The van der Waals surface area contributed by atoms with Crippen molar-refractivity contribution in [2.75, 3.05) is 13.2 Å². The third-order valence-corrected chi connectivity index (χ3v) is 6.21. The molecule has 0 amide bonds. The van der Waals surface area contributed by atoms with Crippen molar-refractivity contribution < 1.29 is 9.47 Å². The largest absolute Gasteiger partial charge is 0.486 e. The first kappa shape index (κ1) is 15.6. The summed E-state index contributed by atoms with van der Waals surface area (Å²) in [6, 6.07) is 5.90. The van der Waals surface area contributed by atoms with Gasteiger partial charge in [0.1, 0.15) is 23.9 Å². The molecule has 26 heavy (non-hydrogen) atoms. The fourth-order valence-corrected chi connectivity index (χ4v) is 4.68. The van der Waals surface area contributed by atoms with E-state index in [4.69, 9.17) is 14.5 Å². The van der Waals surface area contributed by atoms with Crippen molar-refractivity contribution in [2.45, 2.75) is 26.8 Å². The minimum Gasteiger partial charge on any atom is -0.486 e. The predicted molar refractivity (Wildman–Crippen MR) is 103 cm³/mol. The fourth-order valence-electron chi connectivity index (χ4n) is 3.66. The lowest BCUT2D eigenvalue weighted by atomic mass is 10.1. The number of rotatable bonds is 1. The van der Waals surface area contributed by atoms with Crippen molar-refractivity contribution >= 4 is 33.2 Å². The van der Waals surface area contributed by atoms with Crippen LogP contribution in [-0.2, 0) is 6.54 Å². The van der Waals surface area contributed by atoms with E-state index < -0.39 is 0 Å². The highest BCUT2D eigenvalue weighted by Gasteiger charge is 2.24. The second-order valence-electron chi connectivity index (χ2n) is 6.65. The van der Waals surface area contributed by atoms with Crippen molar-refractivity contribution in [3.05, 3.63) is 50.4 Å². The lowest BCUT2D eigenvalue weighted by Crippen LogP contribution is -2.20. The number of thiophene rings is 1. The summed E-state index contributed by atoms with van der Waals surface area (Å²) in [4.78, 5) is 19.8. The van der Waals surface area contributed by atoms with E-state index in [1.807, 2.05) is 32.0 Å². The van der Waals surface area contributed by atoms with Crippen molar-refractivity contribution in [1.82, 2.24) is 9.55 Å². The zero-order chi connectivity index (χ0) is 17.8. The molecule has 5 rings (SSSR count). The Labute approximate surface area is 154 Å². The lowest BCUT2D eigenvalue weighted by Gasteiger charge is -2.20. The number of allylic oxidation sites excluding steroid dienone is 1. The van der Waals surface area contributed by atoms with Crippen LogP contribution in [0.2, 0.25) is 0 Å². The molecule has 4 heterocycles. The monoisotopic (exact) mass is 366 g/mol. The molecule has 0 unspecified atom stereocenters. The second kappa shape index (κ2) is 5.71. The Hall–Kier alpha value is -2.60. The maximum atomic E-state index is 12.9. The van der Waals surface area contributed by atoms with E-state index in [2.05, 4.69) is 6.08 Å². The number of nitrogens with zero attached hydrogens (tertiary/aromatic N) is 2. The van der Waals surface area contributed by atoms with E-state index in [1.165, 1.54) is 0 Å². The Morgan fingerprint density at radius 2 is 2.08 bits per heavy atom. The molecule has 0 atom stereocenters. The molecule has 0 saturated carbocycles. The fraction of sp³-hybridized carbons (Fsp3) is 0.300. The number of hydrogen-bond donors (Lipinski definition) is 0. The van der Waals surface area contributed by atoms with Crippen LogP contribution in [0, 0.1) is 13.8 Å². The highest BCUT2D eigenvalue weighted by molar-refractivity contribution is 7.18. The number of ether oxygens (including phenoxy) is 2. The van der Waals surface area contributed by atoms with Gasteiger partial charge in [0.25, 0.3) is 5.56 Å². The van der Waals surface area contributed by atoms with Gasteiger partial charge in [-0.1, -0.05) is 12.1 Å². The van der Waals surface area contributed by atoms with Gasteiger partial charge in [-0.3, -0.25) is 9.36 Å². The lowest BCUT2D eigenvalue weighted by molar-refractivity contribution is 0.171. The van der Waals surface area contributed by atoms with Crippen LogP contribution in [0.3, 0.4) is 0 Å². The van der Waals surface area contributed by atoms with Crippen molar-refractivity contribution in [2.24, 2.45) is 0 Å². The van der Waals surface area contributed by atoms with Gasteiger partial charge in [-0.15, -0.1) is 11.3 Å². The summed E-state index contributed by atoms with van der Waals surface area (Å²) in [6.45, 7) is 5.84. The highest BCUT2D eigenvalue weighted by Crippen LogP contribution is 2.37. The molecular formula is C20H18N2O3S. The average Bonchev–Trinajstić information content (AvgIpc) is 3.17. The summed E-state index contributed by atoms with van der Waals surface area (Å²) in [5.41, 5.74) is 3.16. The van der Waals surface area contributed by atoms with Crippen molar-refractivity contribution in [1.29, 1.82) is 0 Å². The molecule has 0 fully saturated rings. The SMILES string of the molecule is Cc1sc2nc3n(c(=O)c2c1C)CC/C3=C/c1cccc2c1OCCO2. The summed E-state index contributed by atoms with van der Waals surface area (Å²) in [5.74, 6) is 2.32. The molecule has 6 heteroatoms. The molecule has 2 aliphatic heterocycles. The molecule has 0 N–H and O–H groups in total. The Morgan fingerprint density at radius 1 is 1.23 bits per heavy atom. The third kappa shape index (κ3) is 2.22. The molecule has 2 aromatic heterocycles. The van der Waals surface area contributed by atoms with Gasteiger partial charge in [-0.25, -0.2) is 4.98 Å². The zero-order valence-corrected chi connectivity index (χ0v) is 15.5. The molecular weight excluding hydrogens is 348 g/mol. The quantitative estimate of drug-likeness (QED) is 0.657. The first-order valence-corrected chi connectivity index (χ1v) is 9.55. The average molecular weight is 366 g/mol. The van der Waals surface area contributed by atoms with Crippen LogP contribution in [0.4, 0.5) is 0 Å². The van der Waals surface area contributed by atoms with Gasteiger partial charge in [0.2, 0.25) is 0 Å². The summed E-state index contributed by atoms with van der Waals surface area (Å²) in [7, 11) is 0. The van der Waals surface area contributed by atoms with Crippen LogP contribution >= 0.6 is 11.3 Å². The predicted octanol–water partition coefficient (Wildman–Crippen LogP) is 3.79. The number of benzene rings is 1. The number of aryl methyl sites for hydroxylation is 2. The first-order chi connectivity index (χ1) is 12.6. The van der Waals surface area contributed by atoms with Gasteiger partial charge < -0.3 is 9.47 Å². The van der Waals surface area contributed by atoms with Gasteiger partial charge >= 0.3 is 0 Å². The Morgan fingerprint density at radius 3 is 2.96 bits per heavy atom. The summed E-state index contributed by atoms with van der Waals surface area (Å²) < 4.78 is 13.3. The van der Waals surface area contributed by atoms with Gasteiger partial charge in [-0.2, -0.15) is 0 Å². The minimum atomic E-state index is 0.0740. The normalized spacial score (nSPS) is 17.1. The van der Waals surface area contributed by atoms with E-state index >= 15 is 0 Å². The van der Waals surface area contributed by atoms with Crippen LogP contribution in [-0.4, -0.2) is 22.8 Å². The summed E-state index contributed by atoms with van der Waals surface area (Å²) in [6.07, 6.45) is 2.88. The van der Waals surface area contributed by atoms with E-state index in [-0.39, 0.29) is 5.56 Å². The number of aromatic nitrogens is 2. The second-order valence-corrected chi connectivity index (χ2v) is 7.85. The van der Waals surface area contributed by atoms with Gasteiger partial charge in [0.15, 0.2) is 11.5 Å². The Bertz CT molecular complexity index is 1140. The molecule has 0 bridgehead atoms. The van der Waals surface area contributed by atoms with Crippen LogP contribution in [0.15, 0.2) is 23.0 Å². The molecule has 0 spiro atoms. The van der Waals surface area contributed by atoms with Crippen molar-refractivity contribution in [3.8, 4) is 11.5 Å². The molecule has 3 aromatic rings. The summed E-state index contributed by atoms with van der Waals surface area (Å²) >= 11 is 1.59. The van der Waals surface area contributed by atoms with E-state index in [0.717, 1.165) is 55.5 Å². The van der Waals surface area contributed by atoms with Crippen LogP contribution < -0.4 is 15.0 Å². The maximum absolute atomic E-state index is 12.9. The summed E-state index contributed by atoms with van der Waals surface area (Å²) in [5, 5.41) is 0.770. The van der Waals surface area contributed by atoms with Crippen LogP contribution in [0.1, 0.15) is 28.2 Å². The van der Waals surface area contributed by atoms with Gasteiger partial charge in [0.05, 0.1) is 5.39 Å². The van der Waals surface area contributed by atoms with E-state index in [0.29, 0.717) is 19.8 Å². The molecule has 0 saturated heterocycles. The first-order valence-electron chi connectivity index (χ1n) is 8.73. The third-order valence-electron chi connectivity index (χ3n) is 5.11. The highest BCUT2D eigenvalue weighted by atomic mass is 32.1. The van der Waals surface area contributed by atoms with Gasteiger partial charge in [0, 0.05) is 17.0 Å². The standard InChI is InChI=1S/C20H18N2O3S/c1-11-12(2)26-19-16(11)20(23)22-7-6-14(18(22)21-19)10-13-4-3-5-15-17(13)25-9-8-24-15/h3-5,10H,6-9H2,1-2H3/b14-10-. The minimum absolute atomic E-state index is 0.0740. The number of fused-ring (bicyclic) bond motifs is 3. The molecule has 1 aromatic carbocycles. The Balaban J connectivity index is 1.68. The topological polar surface area (TPSA) is 53.4 Å². The number of para-hydroxylation sites is 1. The van der Waals surface area contributed by atoms with E-state index in [9.17, 15) is 4.79 Å². The van der Waals surface area contributed by atoms with Gasteiger partial charge in [-0.05, 0) is 43.5 Å². The smallest absolute Gasteiger partial charge is 0.262 e. The number of hydrogen-bond acceptors (Lipinski definition) is 5. The van der Waals surface area contributed by atoms with E-state index in [1.54, 1.807) is 15.9 Å². The molecule has 0 aliphatic carbocycles. The Kier molecular flexibility index (Phi) is 3.43. The molecule has 132 valence electrons. The van der Waals surface area contributed by atoms with Crippen LogP contribution in [0.25, 0.3) is 21.9 Å². The maximum Gasteiger partial charge on any atom is 0.262 e. The zero-order valence-electron chi connectivity index (χ0n) is 14.7. The molecule has 5 nitrogen and oxygen atoms in total. The van der Waals surface area contributed by atoms with Crippen molar-refractivity contribution in [3.63, 3.8) is 0 Å².